The minimum Gasteiger partial charge on any atom is -0.493 e. The summed E-state index contributed by atoms with van der Waals surface area (Å²) < 4.78 is 5.67. The fraction of sp³-hybridized carbons (Fsp3) is 0.562. The number of ether oxygens (including phenoxy) is 1. The highest BCUT2D eigenvalue weighted by atomic mass is 35.5. The molecule has 1 heterocycles. The zero-order valence-corrected chi connectivity index (χ0v) is 13.6. The summed E-state index contributed by atoms with van der Waals surface area (Å²) in [4.78, 5) is 13.0. The van der Waals surface area contributed by atoms with Crippen LogP contribution in [0.3, 0.4) is 0 Å². The van der Waals surface area contributed by atoms with Gasteiger partial charge in [-0.25, -0.2) is 0 Å². The van der Waals surface area contributed by atoms with E-state index in [1.807, 2.05) is 24.3 Å². The van der Waals surface area contributed by atoms with Crippen molar-refractivity contribution < 1.29 is 14.6 Å². The Morgan fingerprint density at radius 2 is 2.36 bits per heavy atom. The second-order valence-electron chi connectivity index (χ2n) is 5.99. The van der Waals surface area contributed by atoms with Crippen LogP contribution in [0.15, 0.2) is 24.3 Å². The molecule has 0 unspecified atom stereocenters. The van der Waals surface area contributed by atoms with Crippen molar-refractivity contribution >= 4 is 17.6 Å². The van der Waals surface area contributed by atoms with Gasteiger partial charge in [-0.05, 0) is 38.0 Å². The Labute approximate surface area is 136 Å². The molecule has 0 bridgehead atoms. The maximum Gasteiger partial charge on any atom is 0.317 e. The molecule has 0 radical (unpaired) electrons. The van der Waals surface area contributed by atoms with Crippen molar-refractivity contribution in [3.05, 3.63) is 29.3 Å². The number of halogens is 1. The van der Waals surface area contributed by atoms with E-state index in [-0.39, 0.29) is 12.1 Å². The maximum absolute atomic E-state index is 10.6. The van der Waals surface area contributed by atoms with E-state index in [0.29, 0.717) is 11.6 Å². The summed E-state index contributed by atoms with van der Waals surface area (Å²) in [6, 6.07) is 7.40. The first-order chi connectivity index (χ1) is 10.5. The maximum atomic E-state index is 10.6. The van der Waals surface area contributed by atoms with Crippen LogP contribution in [0.2, 0.25) is 5.02 Å². The van der Waals surface area contributed by atoms with E-state index >= 15 is 0 Å². The van der Waals surface area contributed by atoms with E-state index in [2.05, 4.69) is 17.1 Å². The predicted octanol–water partition coefficient (Wildman–Crippen LogP) is 2.25. The number of carboxylic acids is 1. The molecular formula is C16H23ClN2O3. The molecule has 22 heavy (non-hydrogen) atoms. The number of nitrogens with one attached hydrogen (secondary N) is 1. The molecule has 0 saturated carbocycles. The molecule has 1 aromatic carbocycles. The second-order valence-corrected chi connectivity index (χ2v) is 6.43. The number of carbonyl (C=O) groups is 1. The first-order valence-corrected chi connectivity index (χ1v) is 7.92. The van der Waals surface area contributed by atoms with Crippen LogP contribution in [-0.2, 0) is 4.79 Å². The van der Waals surface area contributed by atoms with Gasteiger partial charge in [-0.1, -0.05) is 17.7 Å². The van der Waals surface area contributed by atoms with Crippen LogP contribution in [0.5, 0.6) is 5.75 Å². The number of aliphatic carboxylic acids is 1. The number of nitrogens with zero attached hydrogens (tertiary/aromatic N) is 1. The molecule has 122 valence electrons. The van der Waals surface area contributed by atoms with Crippen molar-refractivity contribution in [1.82, 2.24) is 10.2 Å². The summed E-state index contributed by atoms with van der Waals surface area (Å²) in [5, 5.41) is 12.6. The largest absolute Gasteiger partial charge is 0.493 e. The van der Waals surface area contributed by atoms with E-state index in [9.17, 15) is 4.79 Å². The van der Waals surface area contributed by atoms with Crippen molar-refractivity contribution in [3.8, 4) is 5.75 Å². The second kappa shape index (κ2) is 7.81. The molecule has 1 aliphatic rings. The zero-order chi connectivity index (χ0) is 16.0. The Kier molecular flexibility index (Phi) is 6.06. The first kappa shape index (κ1) is 17.1. The van der Waals surface area contributed by atoms with E-state index < -0.39 is 5.97 Å². The van der Waals surface area contributed by atoms with Gasteiger partial charge in [-0.15, -0.1) is 0 Å². The smallest absolute Gasteiger partial charge is 0.317 e. The van der Waals surface area contributed by atoms with Gasteiger partial charge in [0.25, 0.3) is 0 Å². The minimum absolute atomic E-state index is 0.0161. The van der Waals surface area contributed by atoms with Gasteiger partial charge >= 0.3 is 5.97 Å². The summed E-state index contributed by atoms with van der Waals surface area (Å²) in [5.41, 5.74) is -0.105. The van der Waals surface area contributed by atoms with Crippen molar-refractivity contribution in [2.24, 2.45) is 0 Å². The van der Waals surface area contributed by atoms with Crippen LogP contribution in [-0.4, -0.2) is 54.3 Å². The molecule has 1 aliphatic heterocycles. The third kappa shape index (κ3) is 5.48. The number of benzene rings is 1. The monoisotopic (exact) mass is 326 g/mol. The molecule has 0 aliphatic carbocycles. The molecule has 6 heteroatoms. The summed E-state index contributed by atoms with van der Waals surface area (Å²) in [6.07, 6.45) is 1.90. The normalized spacial score (nSPS) is 21.9. The van der Waals surface area contributed by atoms with Crippen molar-refractivity contribution in [3.63, 3.8) is 0 Å². The summed E-state index contributed by atoms with van der Waals surface area (Å²) in [7, 11) is 0. The Morgan fingerprint density at radius 1 is 1.55 bits per heavy atom. The summed E-state index contributed by atoms with van der Waals surface area (Å²) >= 11 is 5.91. The SMILES string of the molecule is C[C@@]1(NCC(=O)O)CCN(CCCOc2cccc(Cl)c2)C1. The number of likely N-dealkylation sites (tertiary alicyclic amines) is 1. The lowest BCUT2D eigenvalue weighted by Crippen LogP contribution is -2.47. The van der Waals surface area contributed by atoms with Gasteiger partial charge in [0.15, 0.2) is 0 Å². The van der Waals surface area contributed by atoms with E-state index in [4.69, 9.17) is 21.4 Å². The molecule has 1 atom stereocenters. The Morgan fingerprint density at radius 3 is 3.09 bits per heavy atom. The quantitative estimate of drug-likeness (QED) is 0.717. The standard InChI is InChI=1S/C16H23ClN2O3/c1-16(18-11-15(20)21)6-8-19(12-16)7-3-9-22-14-5-2-4-13(17)10-14/h2,4-5,10,18H,3,6-9,11-12H2,1H3,(H,20,21)/t16-/m1/s1. The number of rotatable bonds is 8. The van der Waals surface area contributed by atoms with Gasteiger partial charge in [0.1, 0.15) is 5.75 Å². The lowest BCUT2D eigenvalue weighted by atomic mass is 10.0. The van der Waals surface area contributed by atoms with Gasteiger partial charge < -0.3 is 20.1 Å². The number of hydrogen-bond acceptors (Lipinski definition) is 4. The van der Waals surface area contributed by atoms with Gasteiger partial charge in [-0.3, -0.25) is 4.79 Å². The molecule has 1 saturated heterocycles. The Hall–Kier alpha value is -1.30. The summed E-state index contributed by atoms with van der Waals surface area (Å²) in [6.45, 7) is 5.55. The molecule has 0 aromatic heterocycles. The molecule has 5 nitrogen and oxygen atoms in total. The highest BCUT2D eigenvalue weighted by Gasteiger charge is 2.33. The van der Waals surface area contributed by atoms with E-state index in [0.717, 1.165) is 38.2 Å². The number of hydrogen-bond donors (Lipinski definition) is 2. The third-order valence-corrected chi connectivity index (χ3v) is 4.14. The van der Waals surface area contributed by atoms with Crippen molar-refractivity contribution in [2.45, 2.75) is 25.3 Å². The van der Waals surface area contributed by atoms with Gasteiger partial charge in [0.2, 0.25) is 0 Å². The molecular weight excluding hydrogens is 304 g/mol. The predicted molar refractivity (Wildman–Crippen MR) is 86.7 cm³/mol. The zero-order valence-electron chi connectivity index (χ0n) is 12.8. The lowest BCUT2D eigenvalue weighted by Gasteiger charge is -2.25. The fourth-order valence-corrected chi connectivity index (χ4v) is 2.90. The van der Waals surface area contributed by atoms with Crippen LogP contribution in [0.1, 0.15) is 19.8 Å². The third-order valence-electron chi connectivity index (χ3n) is 3.90. The van der Waals surface area contributed by atoms with Gasteiger partial charge in [0, 0.05) is 30.2 Å². The highest BCUT2D eigenvalue weighted by Crippen LogP contribution is 2.21. The molecule has 1 fully saturated rings. The molecule has 2 rings (SSSR count). The summed E-state index contributed by atoms with van der Waals surface area (Å²) in [5.74, 6) is -0.0171. The highest BCUT2D eigenvalue weighted by molar-refractivity contribution is 6.30. The van der Waals surface area contributed by atoms with Gasteiger partial charge in [-0.2, -0.15) is 0 Å². The number of carboxylic acid groups (broad SMARTS) is 1. The topological polar surface area (TPSA) is 61.8 Å². The van der Waals surface area contributed by atoms with Crippen LogP contribution in [0.4, 0.5) is 0 Å². The molecule has 1 aromatic rings. The average Bonchev–Trinajstić information content (AvgIpc) is 2.84. The van der Waals surface area contributed by atoms with Crippen LogP contribution in [0.25, 0.3) is 0 Å². The first-order valence-electron chi connectivity index (χ1n) is 7.54. The molecule has 0 amide bonds. The van der Waals surface area contributed by atoms with Gasteiger partial charge in [0.05, 0.1) is 13.2 Å². The van der Waals surface area contributed by atoms with E-state index in [1.165, 1.54) is 0 Å². The van der Waals surface area contributed by atoms with Crippen molar-refractivity contribution in [1.29, 1.82) is 0 Å². The average molecular weight is 327 g/mol. The lowest BCUT2D eigenvalue weighted by molar-refractivity contribution is -0.136. The van der Waals surface area contributed by atoms with E-state index in [1.54, 1.807) is 0 Å². The molecule has 2 N–H and O–H groups in total. The van der Waals surface area contributed by atoms with Crippen LogP contribution >= 0.6 is 11.6 Å². The van der Waals surface area contributed by atoms with Crippen LogP contribution < -0.4 is 10.1 Å². The fourth-order valence-electron chi connectivity index (χ4n) is 2.72. The minimum atomic E-state index is -0.811. The van der Waals surface area contributed by atoms with Crippen molar-refractivity contribution in [2.75, 3.05) is 32.8 Å². The molecule has 0 spiro atoms. The Balaban J connectivity index is 1.65. The van der Waals surface area contributed by atoms with Crippen LogP contribution in [0, 0.1) is 0 Å². The Bertz CT molecular complexity index is 512.